The fourth-order valence-electron chi connectivity index (χ4n) is 6.41. The van der Waals surface area contributed by atoms with Crippen LogP contribution in [0.3, 0.4) is 0 Å². The molecule has 0 unspecified atom stereocenters. The normalized spacial score (nSPS) is 17.1. The number of aryl methyl sites for hydroxylation is 1. The molecular weight excluding hydrogens is 609 g/mol. The van der Waals surface area contributed by atoms with Gasteiger partial charge >= 0.3 is 0 Å². The molecule has 1 aliphatic rings. The number of anilines is 5. The van der Waals surface area contributed by atoms with E-state index in [0.29, 0.717) is 35.2 Å². The molecule has 1 aliphatic heterocycles. The zero-order chi connectivity index (χ0) is 32.8. The maximum atomic E-state index is 5.99. The summed E-state index contributed by atoms with van der Waals surface area (Å²) in [5.41, 5.74) is 7.41. The topological polar surface area (TPSA) is 125 Å². The zero-order valence-corrected chi connectivity index (χ0v) is 28.7. The summed E-state index contributed by atoms with van der Waals surface area (Å²) in [7, 11) is 5.33. The minimum Gasteiger partial charge on any atom is -0.494 e. The average Bonchev–Trinajstić information content (AvgIpc) is 3.72. The lowest BCUT2D eigenvalue weighted by Crippen LogP contribution is -2.55. The average molecular weight is 650 g/mol. The minimum absolute atomic E-state index is 0.406. The molecule has 7 rings (SSSR count). The first-order valence-corrected chi connectivity index (χ1v) is 17.9. The Hall–Kier alpha value is -4.80. The smallest absolute Gasteiger partial charge is 0.231 e. The Morgan fingerprint density at radius 3 is 2.47 bits per heavy atom. The molecule has 6 aromatic rings. The summed E-state index contributed by atoms with van der Waals surface area (Å²) in [6.07, 6.45) is 9.30. The number of piperazine rings is 1. The van der Waals surface area contributed by atoms with Crippen LogP contribution in [0.4, 0.5) is 28.8 Å². The largest absolute Gasteiger partial charge is 0.494 e. The SMILES string of the molecule is COc1cc(N2C[C@@H](C)N(C)[C@@H](C)C2)c(-c2cnn(C)c2)cc1Nc1nc(Nc2ccc3nccnc3c2P(C)C)c2cc[nH]c2n1. The Labute approximate surface area is 275 Å². The van der Waals surface area contributed by atoms with Gasteiger partial charge in [0.2, 0.25) is 5.95 Å². The van der Waals surface area contributed by atoms with Crippen LogP contribution < -0.4 is 25.6 Å². The number of methoxy groups -OCH3 is 1. The van der Waals surface area contributed by atoms with Crippen molar-refractivity contribution in [3.63, 3.8) is 0 Å². The van der Waals surface area contributed by atoms with Crippen molar-refractivity contribution in [3.05, 3.63) is 61.3 Å². The van der Waals surface area contributed by atoms with Crippen molar-refractivity contribution < 1.29 is 4.74 Å². The van der Waals surface area contributed by atoms with Crippen molar-refractivity contribution in [2.24, 2.45) is 7.05 Å². The molecule has 1 fully saturated rings. The van der Waals surface area contributed by atoms with Crippen molar-refractivity contribution in [1.29, 1.82) is 0 Å². The van der Waals surface area contributed by atoms with Gasteiger partial charge in [-0.1, -0.05) is 7.92 Å². The van der Waals surface area contributed by atoms with E-state index >= 15 is 0 Å². The first kappa shape index (κ1) is 30.8. The third-order valence-electron chi connectivity index (χ3n) is 9.01. The lowest BCUT2D eigenvalue weighted by atomic mass is 10.0. The second-order valence-electron chi connectivity index (χ2n) is 12.4. The first-order chi connectivity index (χ1) is 22.7. The van der Waals surface area contributed by atoms with Crippen molar-refractivity contribution in [3.8, 4) is 16.9 Å². The monoisotopic (exact) mass is 649 g/mol. The maximum absolute atomic E-state index is 5.99. The highest BCUT2D eigenvalue weighted by Gasteiger charge is 2.29. The number of benzene rings is 2. The summed E-state index contributed by atoms with van der Waals surface area (Å²) < 4.78 is 7.82. The van der Waals surface area contributed by atoms with Gasteiger partial charge in [0.25, 0.3) is 0 Å². The second kappa shape index (κ2) is 12.4. The summed E-state index contributed by atoms with van der Waals surface area (Å²) in [6.45, 7) is 10.8. The molecule has 0 bridgehead atoms. The number of rotatable bonds is 8. The maximum Gasteiger partial charge on any atom is 0.231 e. The molecule has 1 saturated heterocycles. The number of hydrogen-bond donors (Lipinski definition) is 3. The Bertz CT molecular complexity index is 2060. The fraction of sp³-hybridized carbons (Fsp3) is 0.324. The molecule has 47 heavy (non-hydrogen) atoms. The van der Waals surface area contributed by atoms with E-state index in [4.69, 9.17) is 14.7 Å². The van der Waals surface area contributed by atoms with Gasteiger partial charge in [-0.25, -0.2) is 0 Å². The van der Waals surface area contributed by atoms with Crippen molar-refractivity contribution in [2.45, 2.75) is 25.9 Å². The quantitative estimate of drug-likeness (QED) is 0.177. The second-order valence-corrected chi connectivity index (χ2v) is 14.6. The van der Waals surface area contributed by atoms with Crippen molar-refractivity contribution >= 4 is 64.1 Å². The molecule has 2 atom stereocenters. The lowest BCUT2D eigenvalue weighted by Gasteiger charge is -2.44. The molecule has 0 aliphatic carbocycles. The highest BCUT2D eigenvalue weighted by Crippen LogP contribution is 2.42. The number of fused-ring (bicyclic) bond motifs is 2. The Morgan fingerprint density at radius 2 is 1.74 bits per heavy atom. The van der Waals surface area contributed by atoms with Gasteiger partial charge in [-0.15, -0.1) is 0 Å². The van der Waals surface area contributed by atoms with E-state index < -0.39 is 7.92 Å². The van der Waals surface area contributed by atoms with Crippen LogP contribution in [0.5, 0.6) is 5.75 Å². The molecule has 5 heterocycles. The van der Waals surface area contributed by atoms with Gasteiger partial charge in [0.1, 0.15) is 17.2 Å². The van der Waals surface area contributed by atoms with Gasteiger partial charge in [-0.05, 0) is 58.5 Å². The molecule has 0 saturated carbocycles. The summed E-state index contributed by atoms with van der Waals surface area (Å²) in [4.78, 5) is 27.2. The Kier molecular flexibility index (Phi) is 8.15. The molecule has 0 amide bonds. The summed E-state index contributed by atoms with van der Waals surface area (Å²) in [6, 6.07) is 11.1. The first-order valence-electron chi connectivity index (χ1n) is 15.7. The van der Waals surface area contributed by atoms with Crippen molar-refractivity contribution in [1.82, 2.24) is 39.6 Å². The van der Waals surface area contributed by atoms with Gasteiger partial charge in [-0.3, -0.25) is 19.5 Å². The van der Waals surface area contributed by atoms with Crippen LogP contribution in [0.25, 0.3) is 33.2 Å². The molecule has 4 aromatic heterocycles. The number of aromatic nitrogens is 7. The number of nitrogens with one attached hydrogen (secondary N) is 3. The molecule has 2 aromatic carbocycles. The van der Waals surface area contributed by atoms with Crippen molar-refractivity contribution in [2.75, 3.05) is 56.1 Å². The minimum atomic E-state index is -0.501. The molecule has 0 radical (unpaired) electrons. The molecule has 3 N–H and O–H groups in total. The lowest BCUT2D eigenvalue weighted by molar-refractivity contribution is 0.170. The molecule has 0 spiro atoms. The Balaban J connectivity index is 1.30. The van der Waals surface area contributed by atoms with E-state index in [1.54, 1.807) is 19.5 Å². The third-order valence-corrected chi connectivity index (χ3v) is 10.4. The third kappa shape index (κ3) is 5.83. The standard InChI is InChI=1S/C34H40N11OP/c1-20-17-45(18-21(2)44(20)4)28-15-29(46-5)27(14-24(28)22-16-38-43(3)19-22)40-34-41-32-23(10-11-37-32)33(42-34)39-26-9-8-25-30(31(26)47(6)7)36-13-12-35-25/h8-16,19-21H,17-18H2,1-7H3,(H3,37,39,40,41,42)/t20-,21+. The van der Waals surface area contributed by atoms with E-state index in [0.717, 1.165) is 63.0 Å². The molecular formula is C34H40N11OP. The van der Waals surface area contributed by atoms with Crippen LogP contribution in [-0.4, -0.2) is 92.3 Å². The van der Waals surface area contributed by atoms with Crippen LogP contribution in [0.1, 0.15) is 13.8 Å². The van der Waals surface area contributed by atoms with Gasteiger partial charge < -0.3 is 25.3 Å². The van der Waals surface area contributed by atoms with Gasteiger partial charge in [0, 0.05) is 90.9 Å². The van der Waals surface area contributed by atoms with Gasteiger partial charge in [0.15, 0.2) is 0 Å². The number of aromatic amines is 1. The predicted octanol–water partition coefficient (Wildman–Crippen LogP) is 5.69. The molecule has 13 heteroatoms. The van der Waals surface area contributed by atoms with Gasteiger partial charge in [0.05, 0.1) is 35.4 Å². The van der Waals surface area contributed by atoms with Crippen LogP contribution in [0, 0.1) is 0 Å². The zero-order valence-electron chi connectivity index (χ0n) is 27.8. The molecule has 12 nitrogen and oxygen atoms in total. The number of ether oxygens (including phenoxy) is 1. The number of nitrogens with zero attached hydrogens (tertiary/aromatic N) is 8. The highest BCUT2D eigenvalue weighted by molar-refractivity contribution is 7.65. The number of H-pyrrole nitrogens is 1. The van der Waals surface area contributed by atoms with Crippen LogP contribution in [0.15, 0.2) is 61.3 Å². The van der Waals surface area contributed by atoms with Crippen LogP contribution in [-0.2, 0) is 7.05 Å². The Morgan fingerprint density at radius 1 is 0.957 bits per heavy atom. The van der Waals surface area contributed by atoms with E-state index in [2.05, 4.69) is 92.9 Å². The number of likely N-dealkylation sites (N-methyl/N-ethyl adjacent to an activating group) is 1. The number of hydrogen-bond acceptors (Lipinski definition) is 10. The summed E-state index contributed by atoms with van der Waals surface area (Å²) in [5.74, 6) is 1.82. The van der Waals surface area contributed by atoms with E-state index in [9.17, 15) is 0 Å². The van der Waals surface area contributed by atoms with Gasteiger partial charge in [-0.2, -0.15) is 15.1 Å². The summed E-state index contributed by atoms with van der Waals surface area (Å²) in [5, 5.41) is 13.6. The summed E-state index contributed by atoms with van der Waals surface area (Å²) >= 11 is 0. The van der Waals surface area contributed by atoms with E-state index in [1.165, 1.54) is 0 Å². The van der Waals surface area contributed by atoms with E-state index in [1.807, 2.05) is 42.5 Å². The highest BCUT2D eigenvalue weighted by atomic mass is 31.1. The van der Waals surface area contributed by atoms with E-state index in [-0.39, 0.29) is 0 Å². The molecule has 242 valence electrons. The predicted molar refractivity (Wildman–Crippen MR) is 192 cm³/mol. The fourth-order valence-corrected chi connectivity index (χ4v) is 7.61. The van der Waals surface area contributed by atoms with Crippen LogP contribution in [0.2, 0.25) is 0 Å². The van der Waals surface area contributed by atoms with Crippen LogP contribution >= 0.6 is 7.92 Å².